The van der Waals surface area contributed by atoms with E-state index in [4.69, 9.17) is 0 Å². The van der Waals surface area contributed by atoms with Crippen molar-refractivity contribution in [3.05, 3.63) is 52.7 Å². The topological polar surface area (TPSA) is 85.8 Å². The molecule has 4 rings (SSSR count). The second kappa shape index (κ2) is 7.14. The second-order valence-electron chi connectivity index (χ2n) is 7.00. The number of halogens is 8. The molecule has 176 valence electrons. The lowest BCUT2D eigenvalue weighted by Gasteiger charge is -2.19. The van der Waals surface area contributed by atoms with Gasteiger partial charge in [0, 0.05) is 29.8 Å². The molecule has 0 bridgehead atoms. The van der Waals surface area contributed by atoms with Gasteiger partial charge in [-0.25, -0.2) is 4.98 Å². The third kappa shape index (κ3) is 3.74. The quantitative estimate of drug-likeness (QED) is 0.452. The number of aromatic nitrogens is 7. The highest BCUT2D eigenvalue weighted by Gasteiger charge is 2.57. The van der Waals surface area contributed by atoms with Crippen LogP contribution in [0.2, 0.25) is 0 Å². The van der Waals surface area contributed by atoms with Crippen molar-refractivity contribution in [1.29, 1.82) is 0 Å². The van der Waals surface area contributed by atoms with Crippen LogP contribution in [-0.4, -0.2) is 46.0 Å². The molecule has 0 spiro atoms. The molecule has 0 aliphatic carbocycles. The maximum atomic E-state index is 13.8. The number of alkyl halides is 8. The van der Waals surface area contributed by atoms with Crippen molar-refractivity contribution in [2.24, 2.45) is 0 Å². The van der Waals surface area contributed by atoms with E-state index in [0.29, 0.717) is 18.1 Å². The minimum Gasteiger partial charge on any atom is -0.284 e. The van der Waals surface area contributed by atoms with E-state index in [9.17, 15) is 39.9 Å². The molecule has 0 aliphatic rings. The van der Waals surface area contributed by atoms with Crippen molar-refractivity contribution in [2.75, 3.05) is 0 Å². The predicted molar refractivity (Wildman–Crippen MR) is 94.9 cm³/mol. The van der Waals surface area contributed by atoms with Crippen LogP contribution in [-0.2, 0) is 12.7 Å². The van der Waals surface area contributed by atoms with Gasteiger partial charge in [-0.2, -0.15) is 45.3 Å². The number of H-pyrrole nitrogens is 1. The molecule has 16 heteroatoms. The van der Waals surface area contributed by atoms with Crippen LogP contribution in [0.25, 0.3) is 22.6 Å². The first-order valence-corrected chi connectivity index (χ1v) is 8.89. The van der Waals surface area contributed by atoms with Crippen molar-refractivity contribution in [3.63, 3.8) is 0 Å². The van der Waals surface area contributed by atoms with Gasteiger partial charge < -0.3 is 0 Å². The third-order valence-electron chi connectivity index (χ3n) is 4.67. The van der Waals surface area contributed by atoms with E-state index < -0.39 is 53.0 Å². The maximum Gasteiger partial charge on any atom is 0.455 e. The summed E-state index contributed by atoms with van der Waals surface area (Å²) in [5.41, 5.74) is -3.96. The second-order valence-corrected chi connectivity index (χ2v) is 7.00. The van der Waals surface area contributed by atoms with Crippen molar-refractivity contribution in [3.8, 4) is 16.8 Å². The fourth-order valence-electron chi connectivity index (χ4n) is 3.22. The number of hydrogen-bond donors (Lipinski definition) is 1. The standard InChI is InChI=1S/C17H11F8N7O/c1-8-5-31-13(33)11(9-2-28-30(6-9)7-15(18,19)17(23,24)25)12(16(20,21)22)29-14(31)32(8)10-3-26-27-4-10/h2-6H,7H2,1H3,(H,26,27). The first-order valence-electron chi connectivity index (χ1n) is 8.89. The van der Waals surface area contributed by atoms with Crippen LogP contribution in [0.5, 0.6) is 0 Å². The average Bonchev–Trinajstić information content (AvgIpc) is 3.39. The van der Waals surface area contributed by atoms with Gasteiger partial charge in [0.2, 0.25) is 5.78 Å². The molecule has 0 amide bonds. The summed E-state index contributed by atoms with van der Waals surface area (Å²) in [6.07, 6.45) is -6.14. The lowest BCUT2D eigenvalue weighted by atomic mass is 10.1. The van der Waals surface area contributed by atoms with Crippen molar-refractivity contribution in [1.82, 2.24) is 33.9 Å². The minimum absolute atomic E-state index is 0.110. The fourth-order valence-corrected chi connectivity index (χ4v) is 3.22. The average molecular weight is 481 g/mol. The Bertz CT molecular complexity index is 1380. The smallest absolute Gasteiger partial charge is 0.284 e. The molecule has 0 saturated carbocycles. The molecule has 0 aliphatic heterocycles. The molecule has 0 atom stereocenters. The first-order chi connectivity index (χ1) is 15.2. The highest BCUT2D eigenvalue weighted by Crippen LogP contribution is 2.38. The highest BCUT2D eigenvalue weighted by molar-refractivity contribution is 5.66. The summed E-state index contributed by atoms with van der Waals surface area (Å²) in [5, 5.41) is 9.45. The zero-order chi connectivity index (χ0) is 24.3. The largest absolute Gasteiger partial charge is 0.455 e. The Morgan fingerprint density at radius 2 is 1.73 bits per heavy atom. The van der Waals surface area contributed by atoms with E-state index in [1.165, 1.54) is 30.1 Å². The molecule has 0 unspecified atom stereocenters. The zero-order valence-corrected chi connectivity index (χ0v) is 16.2. The Labute approximate surface area is 177 Å². The lowest BCUT2D eigenvalue weighted by molar-refractivity contribution is -0.287. The fraction of sp³-hybridized carbons (Fsp3) is 0.294. The van der Waals surface area contributed by atoms with Crippen molar-refractivity contribution in [2.45, 2.75) is 31.7 Å². The van der Waals surface area contributed by atoms with Crippen LogP contribution >= 0.6 is 0 Å². The molecule has 4 aromatic rings. The van der Waals surface area contributed by atoms with Crippen LogP contribution in [0.4, 0.5) is 35.1 Å². The molecule has 0 fully saturated rings. The summed E-state index contributed by atoms with van der Waals surface area (Å²) < 4.78 is 108. The highest BCUT2D eigenvalue weighted by atomic mass is 19.4. The number of hydrogen-bond acceptors (Lipinski definition) is 4. The molecule has 0 radical (unpaired) electrons. The van der Waals surface area contributed by atoms with E-state index in [1.54, 1.807) is 0 Å². The summed E-state index contributed by atoms with van der Waals surface area (Å²) in [5.74, 6) is -5.61. The Morgan fingerprint density at radius 3 is 2.30 bits per heavy atom. The van der Waals surface area contributed by atoms with E-state index in [-0.39, 0.29) is 10.4 Å². The van der Waals surface area contributed by atoms with Crippen LogP contribution < -0.4 is 5.56 Å². The Balaban J connectivity index is 1.91. The molecule has 8 nitrogen and oxygen atoms in total. The summed E-state index contributed by atoms with van der Waals surface area (Å²) in [7, 11) is 0. The van der Waals surface area contributed by atoms with E-state index in [1.807, 2.05) is 0 Å². The number of fused-ring (bicyclic) bond motifs is 1. The number of aryl methyl sites for hydroxylation is 1. The van der Waals surface area contributed by atoms with Gasteiger partial charge in [-0.15, -0.1) is 0 Å². The molecular weight excluding hydrogens is 470 g/mol. The van der Waals surface area contributed by atoms with Gasteiger partial charge in [0.1, 0.15) is 6.54 Å². The van der Waals surface area contributed by atoms with Crippen LogP contribution in [0.3, 0.4) is 0 Å². The number of rotatable bonds is 4. The predicted octanol–water partition coefficient (Wildman–Crippen LogP) is 3.60. The summed E-state index contributed by atoms with van der Waals surface area (Å²) in [6, 6.07) is 0. The summed E-state index contributed by atoms with van der Waals surface area (Å²) in [4.78, 5) is 16.6. The van der Waals surface area contributed by atoms with Gasteiger partial charge in [0.25, 0.3) is 5.56 Å². The number of nitrogens with zero attached hydrogens (tertiary/aromatic N) is 6. The Morgan fingerprint density at radius 1 is 1.03 bits per heavy atom. The van der Waals surface area contributed by atoms with E-state index in [0.717, 1.165) is 4.40 Å². The van der Waals surface area contributed by atoms with Gasteiger partial charge >= 0.3 is 18.3 Å². The van der Waals surface area contributed by atoms with Gasteiger partial charge in [0.15, 0.2) is 5.69 Å². The summed E-state index contributed by atoms with van der Waals surface area (Å²) in [6.45, 7) is -0.490. The van der Waals surface area contributed by atoms with E-state index in [2.05, 4.69) is 20.3 Å². The van der Waals surface area contributed by atoms with Crippen LogP contribution in [0.1, 0.15) is 11.4 Å². The van der Waals surface area contributed by atoms with Crippen LogP contribution in [0.15, 0.2) is 35.8 Å². The molecule has 0 aromatic carbocycles. The van der Waals surface area contributed by atoms with Crippen molar-refractivity contribution < 1.29 is 35.1 Å². The molecule has 4 heterocycles. The minimum atomic E-state index is -5.90. The number of aromatic amines is 1. The van der Waals surface area contributed by atoms with Gasteiger partial charge in [-0.1, -0.05) is 0 Å². The van der Waals surface area contributed by atoms with Crippen LogP contribution in [0, 0.1) is 6.92 Å². The van der Waals surface area contributed by atoms with Gasteiger partial charge in [-0.3, -0.25) is 23.5 Å². The molecule has 4 aromatic heterocycles. The van der Waals surface area contributed by atoms with E-state index >= 15 is 0 Å². The third-order valence-corrected chi connectivity index (χ3v) is 4.67. The summed E-state index contributed by atoms with van der Waals surface area (Å²) >= 11 is 0. The molecular formula is C17H11F8N7O. The monoisotopic (exact) mass is 481 g/mol. The van der Waals surface area contributed by atoms with Gasteiger partial charge in [0.05, 0.1) is 23.6 Å². The Hall–Kier alpha value is -3.72. The van der Waals surface area contributed by atoms with Crippen molar-refractivity contribution >= 4 is 5.78 Å². The molecule has 33 heavy (non-hydrogen) atoms. The maximum absolute atomic E-state index is 13.8. The van der Waals surface area contributed by atoms with Gasteiger partial charge in [-0.05, 0) is 6.92 Å². The SMILES string of the molecule is Cc1cn2c(=O)c(-c3cnn(CC(F)(F)C(F)(F)F)c3)c(C(F)(F)F)nc2n1-c1cn[nH]c1. The zero-order valence-electron chi connectivity index (χ0n) is 16.2. The Kier molecular flexibility index (Phi) is 4.86. The molecule has 1 N–H and O–H groups in total. The number of imidazole rings is 1. The number of nitrogens with one attached hydrogen (secondary N) is 1. The normalized spacial score (nSPS) is 13.2. The lowest BCUT2D eigenvalue weighted by Crippen LogP contribution is -2.40. The molecule has 0 saturated heterocycles. The first kappa shape index (κ1) is 22.5.